The van der Waals surface area contributed by atoms with Gasteiger partial charge in [0.25, 0.3) is 0 Å². The van der Waals surface area contributed by atoms with Crippen molar-refractivity contribution in [2.75, 3.05) is 19.6 Å². The molecule has 9 nitrogen and oxygen atoms in total. The van der Waals surface area contributed by atoms with Crippen LogP contribution in [0.25, 0.3) is 0 Å². The van der Waals surface area contributed by atoms with Crippen molar-refractivity contribution in [2.24, 2.45) is 5.73 Å². The van der Waals surface area contributed by atoms with Gasteiger partial charge in [0.15, 0.2) is 0 Å². The standard InChI is InChI=1S/C18H24N4O5/c19-10-15(23)21-13(9-12-5-2-1-3-6-12)18(27)22-8-4-7-14(22)17(26)20-11-16(24)25/h1-3,5-6,13-14H,4,7-11,19H2,(H,20,26)(H,21,23)(H,24,25). The summed E-state index contributed by atoms with van der Waals surface area (Å²) in [5.74, 6) is -2.51. The van der Waals surface area contributed by atoms with Gasteiger partial charge in [0, 0.05) is 13.0 Å². The monoisotopic (exact) mass is 376 g/mol. The van der Waals surface area contributed by atoms with E-state index in [0.717, 1.165) is 5.56 Å². The number of nitrogens with one attached hydrogen (secondary N) is 2. The van der Waals surface area contributed by atoms with Crippen LogP contribution in [-0.2, 0) is 25.6 Å². The number of benzene rings is 1. The molecule has 0 aliphatic carbocycles. The Morgan fingerprint density at radius 1 is 1.22 bits per heavy atom. The summed E-state index contributed by atoms with van der Waals surface area (Å²) in [6.07, 6.45) is 1.34. The molecule has 0 radical (unpaired) electrons. The average Bonchev–Trinajstić information content (AvgIpc) is 3.15. The number of nitrogens with zero attached hydrogens (tertiary/aromatic N) is 1. The molecule has 1 heterocycles. The van der Waals surface area contributed by atoms with E-state index in [2.05, 4.69) is 10.6 Å². The highest BCUT2D eigenvalue weighted by Crippen LogP contribution is 2.19. The largest absolute Gasteiger partial charge is 0.480 e. The SMILES string of the molecule is NCC(=O)NC(Cc1ccccc1)C(=O)N1CCCC1C(=O)NCC(=O)O. The number of hydrogen-bond acceptors (Lipinski definition) is 5. The Labute approximate surface area is 156 Å². The summed E-state index contributed by atoms with van der Waals surface area (Å²) in [4.78, 5) is 49.1. The van der Waals surface area contributed by atoms with Crippen molar-refractivity contribution in [1.29, 1.82) is 0 Å². The third-order valence-electron chi connectivity index (χ3n) is 4.35. The Kier molecular flexibility index (Phi) is 7.30. The summed E-state index contributed by atoms with van der Waals surface area (Å²) < 4.78 is 0. The van der Waals surface area contributed by atoms with Gasteiger partial charge in [-0.3, -0.25) is 19.2 Å². The summed E-state index contributed by atoms with van der Waals surface area (Å²) in [6.45, 7) is -0.385. The third kappa shape index (κ3) is 5.78. The fourth-order valence-corrected chi connectivity index (χ4v) is 3.09. The predicted octanol–water partition coefficient (Wildman–Crippen LogP) is -1.14. The van der Waals surface area contributed by atoms with Crippen molar-refractivity contribution in [1.82, 2.24) is 15.5 Å². The van der Waals surface area contributed by atoms with Gasteiger partial charge in [0.1, 0.15) is 18.6 Å². The fraction of sp³-hybridized carbons (Fsp3) is 0.444. The van der Waals surface area contributed by atoms with E-state index >= 15 is 0 Å². The van der Waals surface area contributed by atoms with Crippen LogP contribution in [0.4, 0.5) is 0 Å². The first kappa shape index (κ1) is 20.4. The van der Waals surface area contributed by atoms with Crippen LogP contribution < -0.4 is 16.4 Å². The molecule has 9 heteroatoms. The Morgan fingerprint density at radius 2 is 1.93 bits per heavy atom. The molecule has 1 aliphatic heterocycles. The fourth-order valence-electron chi connectivity index (χ4n) is 3.09. The second-order valence-corrected chi connectivity index (χ2v) is 6.32. The highest BCUT2D eigenvalue weighted by atomic mass is 16.4. The Balaban J connectivity index is 2.13. The number of nitrogens with two attached hydrogens (primary N) is 1. The van der Waals surface area contributed by atoms with Crippen LogP contribution in [0.2, 0.25) is 0 Å². The third-order valence-corrected chi connectivity index (χ3v) is 4.35. The summed E-state index contributed by atoms with van der Waals surface area (Å²) in [6, 6.07) is 7.61. The number of rotatable bonds is 8. The Bertz CT molecular complexity index is 694. The molecule has 1 saturated heterocycles. The predicted molar refractivity (Wildman–Crippen MR) is 96.5 cm³/mol. The maximum absolute atomic E-state index is 13.0. The van der Waals surface area contributed by atoms with Gasteiger partial charge in [-0.05, 0) is 18.4 Å². The summed E-state index contributed by atoms with van der Waals surface area (Å²) >= 11 is 0. The molecule has 1 aliphatic rings. The molecular formula is C18H24N4O5. The van der Waals surface area contributed by atoms with Crippen LogP contribution >= 0.6 is 0 Å². The summed E-state index contributed by atoms with van der Waals surface area (Å²) in [7, 11) is 0. The van der Waals surface area contributed by atoms with E-state index in [9.17, 15) is 19.2 Å². The van der Waals surface area contributed by atoms with Crippen molar-refractivity contribution >= 4 is 23.7 Å². The molecule has 0 aromatic heterocycles. The van der Waals surface area contributed by atoms with Crippen LogP contribution in [0.1, 0.15) is 18.4 Å². The Hall–Kier alpha value is -2.94. The zero-order valence-electron chi connectivity index (χ0n) is 14.9. The zero-order chi connectivity index (χ0) is 19.8. The van der Waals surface area contributed by atoms with Crippen molar-refractivity contribution in [2.45, 2.75) is 31.3 Å². The van der Waals surface area contributed by atoms with E-state index in [1.54, 1.807) is 0 Å². The number of aliphatic carboxylic acids is 1. The molecule has 1 aromatic rings. The lowest BCUT2D eigenvalue weighted by molar-refractivity contribution is -0.142. The minimum absolute atomic E-state index is 0.249. The maximum Gasteiger partial charge on any atom is 0.322 e. The summed E-state index contributed by atoms with van der Waals surface area (Å²) in [5.41, 5.74) is 6.21. The molecular weight excluding hydrogens is 352 g/mol. The normalized spacial score (nSPS) is 17.2. The molecule has 0 bridgehead atoms. The first-order valence-corrected chi connectivity index (χ1v) is 8.75. The van der Waals surface area contributed by atoms with E-state index in [4.69, 9.17) is 10.8 Å². The van der Waals surface area contributed by atoms with Gasteiger partial charge in [-0.1, -0.05) is 30.3 Å². The highest BCUT2D eigenvalue weighted by Gasteiger charge is 2.37. The van der Waals surface area contributed by atoms with E-state index in [0.29, 0.717) is 19.4 Å². The minimum Gasteiger partial charge on any atom is -0.480 e. The summed E-state index contributed by atoms with van der Waals surface area (Å²) in [5, 5.41) is 13.6. The van der Waals surface area contributed by atoms with Gasteiger partial charge >= 0.3 is 5.97 Å². The molecule has 2 rings (SSSR count). The molecule has 0 spiro atoms. The van der Waals surface area contributed by atoms with Crippen LogP contribution in [-0.4, -0.2) is 65.4 Å². The molecule has 1 fully saturated rings. The zero-order valence-corrected chi connectivity index (χ0v) is 14.9. The van der Waals surface area contributed by atoms with E-state index in [1.807, 2.05) is 30.3 Å². The Morgan fingerprint density at radius 3 is 2.56 bits per heavy atom. The van der Waals surface area contributed by atoms with Crippen LogP contribution in [0.5, 0.6) is 0 Å². The van der Waals surface area contributed by atoms with E-state index < -0.39 is 36.4 Å². The second-order valence-electron chi connectivity index (χ2n) is 6.32. The first-order valence-electron chi connectivity index (χ1n) is 8.75. The molecule has 2 atom stereocenters. The lowest BCUT2D eigenvalue weighted by Gasteiger charge is -2.28. The van der Waals surface area contributed by atoms with Gasteiger partial charge in [0.2, 0.25) is 17.7 Å². The first-order chi connectivity index (χ1) is 12.9. The molecule has 2 unspecified atom stereocenters. The van der Waals surface area contributed by atoms with E-state index in [1.165, 1.54) is 4.90 Å². The smallest absolute Gasteiger partial charge is 0.322 e. The number of amides is 3. The molecule has 146 valence electrons. The quantitative estimate of drug-likeness (QED) is 0.452. The molecule has 3 amide bonds. The van der Waals surface area contributed by atoms with Crippen LogP contribution in [0.3, 0.4) is 0 Å². The van der Waals surface area contributed by atoms with Crippen molar-refractivity contribution in [3.05, 3.63) is 35.9 Å². The van der Waals surface area contributed by atoms with Crippen molar-refractivity contribution in [3.8, 4) is 0 Å². The van der Waals surface area contributed by atoms with E-state index in [-0.39, 0.29) is 18.9 Å². The number of carbonyl (C=O) groups excluding carboxylic acids is 3. The second kappa shape index (κ2) is 9.67. The number of carboxylic acids is 1. The van der Waals surface area contributed by atoms with Gasteiger partial charge in [0.05, 0.1) is 6.54 Å². The van der Waals surface area contributed by atoms with Crippen molar-refractivity contribution in [3.63, 3.8) is 0 Å². The van der Waals surface area contributed by atoms with Gasteiger partial charge in [-0.2, -0.15) is 0 Å². The van der Waals surface area contributed by atoms with Gasteiger partial charge < -0.3 is 26.4 Å². The number of hydrogen-bond donors (Lipinski definition) is 4. The molecule has 5 N–H and O–H groups in total. The van der Waals surface area contributed by atoms with Crippen molar-refractivity contribution < 1.29 is 24.3 Å². The highest BCUT2D eigenvalue weighted by molar-refractivity contribution is 5.93. The lowest BCUT2D eigenvalue weighted by atomic mass is 10.0. The van der Waals surface area contributed by atoms with Crippen LogP contribution in [0.15, 0.2) is 30.3 Å². The molecule has 27 heavy (non-hydrogen) atoms. The van der Waals surface area contributed by atoms with Gasteiger partial charge in [-0.25, -0.2) is 0 Å². The topological polar surface area (TPSA) is 142 Å². The maximum atomic E-state index is 13.0. The minimum atomic E-state index is -1.16. The number of carbonyl (C=O) groups is 4. The average molecular weight is 376 g/mol. The number of likely N-dealkylation sites (tertiary alicyclic amines) is 1. The van der Waals surface area contributed by atoms with Crippen LogP contribution in [0, 0.1) is 0 Å². The van der Waals surface area contributed by atoms with Gasteiger partial charge in [-0.15, -0.1) is 0 Å². The molecule has 1 aromatic carbocycles. The lowest BCUT2D eigenvalue weighted by Crippen LogP contribution is -2.55. The molecule has 0 saturated carbocycles. The number of carboxylic acid groups (broad SMARTS) is 1.